The largest absolute Gasteiger partial charge is 0.480 e. The van der Waals surface area contributed by atoms with Gasteiger partial charge in [-0.2, -0.15) is 0 Å². The van der Waals surface area contributed by atoms with Crippen molar-refractivity contribution < 1.29 is 14.7 Å². The lowest BCUT2D eigenvalue weighted by atomic mass is 10.5. The van der Waals surface area contributed by atoms with E-state index < -0.39 is 5.97 Å². The average Bonchev–Trinajstić information content (AvgIpc) is 2.69. The summed E-state index contributed by atoms with van der Waals surface area (Å²) in [6, 6.07) is 3.99. The Bertz CT molecular complexity index is 351. The number of aliphatic carboxylic acids is 1. The Labute approximate surface area is 102 Å². The van der Waals surface area contributed by atoms with E-state index in [0.29, 0.717) is 5.75 Å². The van der Waals surface area contributed by atoms with Crippen LogP contribution >= 0.6 is 23.1 Å². The van der Waals surface area contributed by atoms with Gasteiger partial charge < -0.3 is 10.0 Å². The summed E-state index contributed by atoms with van der Waals surface area (Å²) in [6.45, 7) is -0.238. The van der Waals surface area contributed by atoms with E-state index in [9.17, 15) is 9.59 Å². The molecule has 1 aromatic heterocycles. The monoisotopic (exact) mass is 259 g/mol. The summed E-state index contributed by atoms with van der Waals surface area (Å²) < 4.78 is 0. The second kappa shape index (κ2) is 6.55. The number of amides is 1. The highest BCUT2D eigenvalue weighted by Gasteiger charge is 2.11. The Morgan fingerprint density at radius 2 is 2.31 bits per heavy atom. The zero-order chi connectivity index (χ0) is 12.0. The molecule has 0 saturated heterocycles. The SMILES string of the molecule is CN(CC(=O)O)C(=O)CSCc1cccs1. The molecule has 0 unspecified atom stereocenters. The van der Waals surface area contributed by atoms with Gasteiger partial charge in [-0.25, -0.2) is 0 Å². The van der Waals surface area contributed by atoms with Crippen molar-refractivity contribution >= 4 is 35.0 Å². The molecule has 88 valence electrons. The van der Waals surface area contributed by atoms with Crippen LogP contribution in [0.5, 0.6) is 0 Å². The molecule has 6 heteroatoms. The predicted octanol–water partition coefficient (Wildman–Crippen LogP) is 1.52. The van der Waals surface area contributed by atoms with Crippen molar-refractivity contribution in [3.05, 3.63) is 22.4 Å². The fourth-order valence-electron chi connectivity index (χ4n) is 1.03. The van der Waals surface area contributed by atoms with Gasteiger partial charge >= 0.3 is 5.97 Å². The Hall–Kier alpha value is -1.01. The third-order valence-electron chi connectivity index (χ3n) is 1.85. The smallest absolute Gasteiger partial charge is 0.323 e. The fraction of sp³-hybridized carbons (Fsp3) is 0.400. The fourth-order valence-corrected chi connectivity index (χ4v) is 2.84. The molecule has 0 saturated carbocycles. The normalized spacial score (nSPS) is 10.1. The van der Waals surface area contributed by atoms with E-state index in [-0.39, 0.29) is 12.5 Å². The molecule has 0 bridgehead atoms. The van der Waals surface area contributed by atoms with Gasteiger partial charge in [-0.05, 0) is 11.4 Å². The highest BCUT2D eigenvalue weighted by Crippen LogP contribution is 2.17. The number of carbonyl (C=O) groups excluding carboxylic acids is 1. The van der Waals surface area contributed by atoms with Crippen LogP contribution in [0, 0.1) is 0 Å². The summed E-state index contributed by atoms with van der Waals surface area (Å²) >= 11 is 3.15. The Morgan fingerprint density at radius 1 is 1.56 bits per heavy atom. The van der Waals surface area contributed by atoms with Crippen LogP contribution < -0.4 is 0 Å². The van der Waals surface area contributed by atoms with Crippen molar-refractivity contribution in [2.24, 2.45) is 0 Å². The summed E-state index contributed by atoms with van der Waals surface area (Å²) in [4.78, 5) is 24.3. The summed E-state index contributed by atoms with van der Waals surface area (Å²) in [5.41, 5.74) is 0. The van der Waals surface area contributed by atoms with E-state index in [1.54, 1.807) is 11.3 Å². The van der Waals surface area contributed by atoms with Crippen LogP contribution in [0.3, 0.4) is 0 Å². The summed E-state index contributed by atoms with van der Waals surface area (Å²) in [6.07, 6.45) is 0. The van der Waals surface area contributed by atoms with Crippen LogP contribution in [-0.4, -0.2) is 41.2 Å². The van der Waals surface area contributed by atoms with E-state index in [1.165, 1.54) is 28.6 Å². The molecule has 0 aromatic carbocycles. The molecule has 4 nitrogen and oxygen atoms in total. The highest BCUT2D eigenvalue weighted by molar-refractivity contribution is 7.99. The van der Waals surface area contributed by atoms with Crippen molar-refractivity contribution in [3.63, 3.8) is 0 Å². The number of likely N-dealkylation sites (N-methyl/N-ethyl adjacent to an activating group) is 1. The highest BCUT2D eigenvalue weighted by atomic mass is 32.2. The standard InChI is InChI=1S/C10H13NO3S2/c1-11(5-10(13)14)9(12)7-15-6-8-3-2-4-16-8/h2-4H,5-7H2,1H3,(H,13,14). The van der Waals surface area contributed by atoms with Crippen LogP contribution in [0.25, 0.3) is 0 Å². The van der Waals surface area contributed by atoms with Crippen LogP contribution in [0.15, 0.2) is 17.5 Å². The van der Waals surface area contributed by atoms with Crippen molar-refractivity contribution in [1.29, 1.82) is 0 Å². The van der Waals surface area contributed by atoms with E-state index in [4.69, 9.17) is 5.11 Å². The number of hydrogen-bond acceptors (Lipinski definition) is 4. The molecular formula is C10H13NO3S2. The molecule has 1 N–H and O–H groups in total. The second-order valence-corrected chi connectivity index (χ2v) is 5.23. The first-order valence-corrected chi connectivity index (χ1v) is 6.69. The van der Waals surface area contributed by atoms with Gasteiger partial charge in [0.05, 0.1) is 5.75 Å². The van der Waals surface area contributed by atoms with Gasteiger partial charge in [0.15, 0.2) is 0 Å². The molecular weight excluding hydrogens is 246 g/mol. The quantitative estimate of drug-likeness (QED) is 0.841. The minimum Gasteiger partial charge on any atom is -0.480 e. The number of thiophene rings is 1. The van der Waals surface area contributed by atoms with Gasteiger partial charge in [-0.3, -0.25) is 9.59 Å². The number of carboxylic acids is 1. The molecule has 1 aromatic rings. The minimum atomic E-state index is -0.987. The number of thioether (sulfide) groups is 1. The Morgan fingerprint density at radius 3 is 2.88 bits per heavy atom. The summed E-state index contributed by atoms with van der Waals surface area (Å²) in [5.74, 6) is -0.0190. The number of carboxylic acid groups (broad SMARTS) is 1. The molecule has 1 heterocycles. The topological polar surface area (TPSA) is 57.6 Å². The average molecular weight is 259 g/mol. The third-order valence-corrected chi connectivity index (χ3v) is 3.87. The molecule has 16 heavy (non-hydrogen) atoms. The molecule has 1 rings (SSSR count). The van der Waals surface area contributed by atoms with Crippen LogP contribution in [0.4, 0.5) is 0 Å². The van der Waals surface area contributed by atoms with Crippen LogP contribution in [-0.2, 0) is 15.3 Å². The van der Waals surface area contributed by atoms with Gasteiger partial charge in [0.2, 0.25) is 5.91 Å². The van der Waals surface area contributed by atoms with Crippen LogP contribution in [0.2, 0.25) is 0 Å². The predicted molar refractivity (Wildman–Crippen MR) is 65.8 cm³/mol. The molecule has 0 spiro atoms. The number of rotatable bonds is 6. The lowest BCUT2D eigenvalue weighted by Crippen LogP contribution is -2.33. The van der Waals surface area contributed by atoms with E-state index in [0.717, 1.165) is 5.75 Å². The van der Waals surface area contributed by atoms with E-state index in [1.807, 2.05) is 17.5 Å². The lowest BCUT2D eigenvalue weighted by molar-refractivity contribution is -0.142. The van der Waals surface area contributed by atoms with Crippen LogP contribution in [0.1, 0.15) is 4.88 Å². The zero-order valence-electron chi connectivity index (χ0n) is 8.88. The summed E-state index contributed by atoms with van der Waals surface area (Å²) in [7, 11) is 1.50. The zero-order valence-corrected chi connectivity index (χ0v) is 10.5. The minimum absolute atomic E-state index is 0.149. The van der Waals surface area contributed by atoms with Crippen molar-refractivity contribution in [1.82, 2.24) is 4.90 Å². The maximum atomic E-state index is 11.5. The van der Waals surface area contributed by atoms with Gasteiger partial charge in [0.1, 0.15) is 6.54 Å². The second-order valence-electron chi connectivity index (χ2n) is 3.22. The Kier molecular flexibility index (Phi) is 5.34. The third kappa shape index (κ3) is 4.67. The number of hydrogen-bond donors (Lipinski definition) is 1. The summed E-state index contributed by atoms with van der Waals surface area (Å²) in [5, 5.41) is 10.5. The molecule has 0 atom stereocenters. The van der Waals surface area contributed by atoms with E-state index >= 15 is 0 Å². The van der Waals surface area contributed by atoms with Gasteiger partial charge in [-0.15, -0.1) is 23.1 Å². The maximum Gasteiger partial charge on any atom is 0.323 e. The maximum absolute atomic E-state index is 11.5. The first-order valence-electron chi connectivity index (χ1n) is 4.65. The molecule has 0 aliphatic rings. The van der Waals surface area contributed by atoms with Gasteiger partial charge in [0.25, 0.3) is 0 Å². The molecule has 0 aliphatic heterocycles. The lowest BCUT2D eigenvalue weighted by Gasteiger charge is -2.13. The molecule has 0 aliphatic carbocycles. The van der Waals surface area contributed by atoms with Crippen molar-refractivity contribution in [3.8, 4) is 0 Å². The van der Waals surface area contributed by atoms with Crippen molar-refractivity contribution in [2.75, 3.05) is 19.3 Å². The molecule has 0 fully saturated rings. The van der Waals surface area contributed by atoms with Crippen molar-refractivity contribution in [2.45, 2.75) is 5.75 Å². The first-order chi connectivity index (χ1) is 7.59. The number of nitrogens with zero attached hydrogens (tertiary/aromatic N) is 1. The first kappa shape index (κ1) is 13.1. The van der Waals surface area contributed by atoms with E-state index in [2.05, 4.69) is 0 Å². The van der Waals surface area contributed by atoms with Gasteiger partial charge in [0, 0.05) is 17.7 Å². The van der Waals surface area contributed by atoms with Gasteiger partial charge in [-0.1, -0.05) is 6.07 Å². The number of carbonyl (C=O) groups is 2. The Balaban J connectivity index is 2.22. The molecule has 1 amide bonds. The molecule has 0 radical (unpaired) electrons.